The lowest BCUT2D eigenvalue weighted by Crippen LogP contribution is -2.66. The third-order valence-electron chi connectivity index (χ3n) is 13.5. The second-order valence-corrected chi connectivity index (χ2v) is 15.0. The van der Waals surface area contributed by atoms with Gasteiger partial charge in [0.05, 0.1) is 18.8 Å². The Kier molecular flexibility index (Phi) is 5.61. The molecule has 0 aromatic heterocycles. The van der Waals surface area contributed by atoms with Crippen LogP contribution in [0, 0.1) is 50.2 Å². The SMILES string of the molecule is C[C@@]1(CO)C[C@@H](O)[C@]2(C)CC[C@]3(C)C(=CC[C@@H]4[C@@]5(C)CC[C@H](O)[C@](C)(CO)C5CC[C@]43C)[C@@H]2C1. The zero-order chi connectivity index (χ0) is 24.9. The van der Waals surface area contributed by atoms with E-state index in [4.69, 9.17) is 0 Å². The molecule has 4 heteroatoms. The molecule has 0 aliphatic heterocycles. The van der Waals surface area contributed by atoms with E-state index in [1.165, 1.54) is 0 Å². The van der Waals surface area contributed by atoms with Crippen molar-refractivity contribution in [2.24, 2.45) is 50.2 Å². The van der Waals surface area contributed by atoms with Gasteiger partial charge in [0.1, 0.15) is 0 Å². The van der Waals surface area contributed by atoms with Gasteiger partial charge in [-0.3, -0.25) is 0 Å². The van der Waals surface area contributed by atoms with Crippen LogP contribution < -0.4 is 0 Å². The highest BCUT2D eigenvalue weighted by Gasteiger charge is 2.69. The molecule has 11 atom stereocenters. The first-order valence-corrected chi connectivity index (χ1v) is 14.0. The van der Waals surface area contributed by atoms with Crippen molar-refractivity contribution in [3.63, 3.8) is 0 Å². The van der Waals surface area contributed by atoms with E-state index in [0.717, 1.165) is 51.4 Å². The highest BCUT2D eigenvalue weighted by atomic mass is 16.3. The van der Waals surface area contributed by atoms with Gasteiger partial charge >= 0.3 is 0 Å². The Morgan fingerprint density at radius 1 is 0.765 bits per heavy atom. The average Bonchev–Trinajstić information content (AvgIpc) is 2.79. The molecule has 0 saturated heterocycles. The molecule has 0 heterocycles. The van der Waals surface area contributed by atoms with Gasteiger partial charge in [-0.25, -0.2) is 0 Å². The van der Waals surface area contributed by atoms with Crippen LogP contribution in [0.25, 0.3) is 0 Å². The Morgan fingerprint density at radius 3 is 2.12 bits per heavy atom. The average molecular weight is 475 g/mol. The van der Waals surface area contributed by atoms with Crippen LogP contribution in [0.4, 0.5) is 0 Å². The van der Waals surface area contributed by atoms with Crippen LogP contribution in [0.15, 0.2) is 11.6 Å². The van der Waals surface area contributed by atoms with E-state index >= 15 is 0 Å². The lowest BCUT2D eigenvalue weighted by Gasteiger charge is -2.71. The minimum atomic E-state index is -0.416. The quantitative estimate of drug-likeness (QED) is 0.421. The van der Waals surface area contributed by atoms with Gasteiger partial charge in [0, 0.05) is 17.4 Å². The van der Waals surface area contributed by atoms with Gasteiger partial charge in [-0.15, -0.1) is 0 Å². The molecule has 4 fully saturated rings. The van der Waals surface area contributed by atoms with Crippen LogP contribution in [0.5, 0.6) is 0 Å². The summed E-state index contributed by atoms with van der Waals surface area (Å²) in [6, 6.07) is 0. The lowest BCUT2D eigenvalue weighted by molar-refractivity contribution is -0.219. The summed E-state index contributed by atoms with van der Waals surface area (Å²) in [7, 11) is 0. The molecule has 0 bridgehead atoms. The fourth-order valence-corrected chi connectivity index (χ4v) is 10.7. The molecule has 0 radical (unpaired) electrons. The van der Waals surface area contributed by atoms with Crippen molar-refractivity contribution in [1.29, 1.82) is 0 Å². The molecule has 4 nitrogen and oxygen atoms in total. The number of fused-ring (bicyclic) bond motifs is 7. The predicted molar refractivity (Wildman–Crippen MR) is 135 cm³/mol. The molecule has 4 N–H and O–H groups in total. The fraction of sp³-hybridized carbons (Fsp3) is 0.933. The number of rotatable bonds is 2. The number of aliphatic hydroxyl groups excluding tert-OH is 4. The minimum absolute atomic E-state index is 0.0638. The topological polar surface area (TPSA) is 80.9 Å². The van der Waals surface area contributed by atoms with Gasteiger partial charge in [-0.05, 0) is 97.2 Å². The van der Waals surface area contributed by atoms with Gasteiger partial charge in [0.15, 0.2) is 0 Å². The number of hydrogen-bond donors (Lipinski definition) is 4. The molecule has 5 aliphatic rings. The highest BCUT2D eigenvalue weighted by molar-refractivity contribution is 5.34. The Labute approximate surface area is 207 Å². The molecule has 0 aromatic rings. The van der Waals surface area contributed by atoms with E-state index in [2.05, 4.69) is 47.6 Å². The van der Waals surface area contributed by atoms with Gasteiger partial charge in [0.25, 0.3) is 0 Å². The predicted octanol–water partition coefficient (Wildman–Crippen LogP) is 5.08. The van der Waals surface area contributed by atoms with E-state index < -0.39 is 11.5 Å². The van der Waals surface area contributed by atoms with E-state index in [9.17, 15) is 20.4 Å². The van der Waals surface area contributed by atoms with Gasteiger partial charge in [-0.2, -0.15) is 0 Å². The van der Waals surface area contributed by atoms with E-state index in [1.807, 2.05) is 0 Å². The molecule has 0 aromatic carbocycles. The van der Waals surface area contributed by atoms with Gasteiger partial charge < -0.3 is 20.4 Å². The molecule has 0 amide bonds. The summed E-state index contributed by atoms with van der Waals surface area (Å²) in [5.74, 6) is 1.20. The summed E-state index contributed by atoms with van der Waals surface area (Å²) in [6.45, 7) is 14.3. The summed E-state index contributed by atoms with van der Waals surface area (Å²) in [5, 5.41) is 42.9. The van der Waals surface area contributed by atoms with Crippen LogP contribution in [0.2, 0.25) is 0 Å². The first-order chi connectivity index (χ1) is 15.7. The maximum Gasteiger partial charge on any atom is 0.0618 e. The normalized spacial score (nSPS) is 59.2. The van der Waals surface area contributed by atoms with Crippen molar-refractivity contribution in [2.75, 3.05) is 13.2 Å². The Bertz CT molecular complexity index is 870. The summed E-state index contributed by atoms with van der Waals surface area (Å²) in [4.78, 5) is 0. The van der Waals surface area contributed by atoms with Crippen molar-refractivity contribution < 1.29 is 20.4 Å². The Balaban J connectivity index is 1.58. The number of aliphatic hydroxyl groups is 4. The summed E-state index contributed by atoms with van der Waals surface area (Å²) in [5.41, 5.74) is 1.21. The zero-order valence-corrected chi connectivity index (χ0v) is 22.5. The van der Waals surface area contributed by atoms with Crippen LogP contribution in [0.1, 0.15) is 99.3 Å². The van der Waals surface area contributed by atoms with Gasteiger partial charge in [-0.1, -0.05) is 53.2 Å². The Hall–Kier alpha value is -0.420. The number of allylic oxidation sites excluding steroid dienone is 2. The monoisotopic (exact) mass is 474 g/mol. The van der Waals surface area contributed by atoms with Crippen molar-refractivity contribution in [3.8, 4) is 0 Å². The van der Waals surface area contributed by atoms with E-state index in [-0.39, 0.29) is 46.4 Å². The minimum Gasteiger partial charge on any atom is -0.396 e. The molecule has 5 aliphatic carbocycles. The van der Waals surface area contributed by atoms with Crippen molar-refractivity contribution >= 4 is 0 Å². The first-order valence-electron chi connectivity index (χ1n) is 14.0. The van der Waals surface area contributed by atoms with E-state index in [1.54, 1.807) is 5.57 Å². The first kappa shape index (κ1) is 25.2. The van der Waals surface area contributed by atoms with Crippen LogP contribution in [-0.2, 0) is 0 Å². The smallest absolute Gasteiger partial charge is 0.0618 e. The standard InChI is InChI=1S/C30H50O4/c1-25(17-31)15-20-19-7-8-22-27(3)11-10-23(33)28(4,18-32)21(27)9-12-30(22,6)29(19,5)14-13-26(20,2)24(34)16-25/h7,20-24,31-34H,8-18H2,1-6H3/t20-,21?,22+,23-,24+,25-,26+,27-,28+,29+,30+/m0/s1. The summed E-state index contributed by atoms with van der Waals surface area (Å²) < 4.78 is 0. The van der Waals surface area contributed by atoms with Crippen LogP contribution in [-0.4, -0.2) is 45.8 Å². The molecule has 4 saturated carbocycles. The second-order valence-electron chi connectivity index (χ2n) is 15.0. The third-order valence-corrected chi connectivity index (χ3v) is 13.5. The molecule has 5 rings (SSSR count). The molecular formula is C30H50O4. The zero-order valence-electron chi connectivity index (χ0n) is 22.5. The van der Waals surface area contributed by atoms with Gasteiger partial charge in [0.2, 0.25) is 0 Å². The van der Waals surface area contributed by atoms with E-state index in [0.29, 0.717) is 24.2 Å². The molecule has 194 valence electrons. The largest absolute Gasteiger partial charge is 0.396 e. The summed E-state index contributed by atoms with van der Waals surface area (Å²) in [6.07, 6.45) is 10.7. The molecule has 1 unspecified atom stereocenters. The highest BCUT2D eigenvalue weighted by Crippen LogP contribution is 2.75. The molecule has 34 heavy (non-hydrogen) atoms. The fourth-order valence-electron chi connectivity index (χ4n) is 10.7. The Morgan fingerprint density at radius 2 is 1.47 bits per heavy atom. The molecular weight excluding hydrogens is 424 g/mol. The third kappa shape index (κ3) is 2.92. The van der Waals surface area contributed by atoms with Crippen LogP contribution in [0.3, 0.4) is 0 Å². The van der Waals surface area contributed by atoms with Crippen molar-refractivity contribution in [3.05, 3.63) is 11.6 Å². The summed E-state index contributed by atoms with van der Waals surface area (Å²) >= 11 is 0. The molecule has 0 spiro atoms. The maximum atomic E-state index is 11.3. The van der Waals surface area contributed by atoms with Crippen LogP contribution >= 0.6 is 0 Å². The van der Waals surface area contributed by atoms with Crippen molar-refractivity contribution in [2.45, 2.75) is 112 Å². The second kappa shape index (κ2) is 7.55. The van der Waals surface area contributed by atoms with Crippen molar-refractivity contribution in [1.82, 2.24) is 0 Å². The lowest BCUT2D eigenvalue weighted by atomic mass is 9.33. The number of hydrogen-bond acceptors (Lipinski definition) is 4. The maximum absolute atomic E-state index is 11.3.